The number of rotatable bonds is 6. The largest absolute Gasteiger partial charge is 0.380 e. The van der Waals surface area contributed by atoms with E-state index in [1.807, 2.05) is 6.92 Å². The number of hydrogen-bond acceptors (Lipinski definition) is 3. The Kier molecular flexibility index (Phi) is 5.46. The van der Waals surface area contributed by atoms with Gasteiger partial charge >= 0.3 is 0 Å². The SMILES string of the molecule is CCc1ccc(CC(NN)C(C)OC)cc1. The van der Waals surface area contributed by atoms with Gasteiger partial charge in [-0.15, -0.1) is 0 Å². The fourth-order valence-corrected chi connectivity index (χ4v) is 1.69. The maximum absolute atomic E-state index is 5.52. The molecule has 0 amide bonds. The lowest BCUT2D eigenvalue weighted by Crippen LogP contribution is -2.45. The predicted molar refractivity (Wildman–Crippen MR) is 67.1 cm³/mol. The van der Waals surface area contributed by atoms with Crippen molar-refractivity contribution in [2.24, 2.45) is 5.84 Å². The highest BCUT2D eigenvalue weighted by molar-refractivity contribution is 5.23. The molecule has 90 valence electrons. The maximum Gasteiger partial charge on any atom is 0.0712 e. The third-order valence-corrected chi connectivity index (χ3v) is 3.04. The minimum atomic E-state index is 0.107. The molecule has 0 saturated heterocycles. The van der Waals surface area contributed by atoms with Gasteiger partial charge in [-0.25, -0.2) is 0 Å². The van der Waals surface area contributed by atoms with Crippen LogP contribution in [0, 0.1) is 0 Å². The number of benzene rings is 1. The Bertz CT molecular complexity index is 297. The second-order valence-electron chi connectivity index (χ2n) is 4.09. The summed E-state index contributed by atoms with van der Waals surface area (Å²) < 4.78 is 5.28. The highest BCUT2D eigenvalue weighted by Gasteiger charge is 2.15. The fourth-order valence-electron chi connectivity index (χ4n) is 1.69. The van der Waals surface area contributed by atoms with Gasteiger partial charge in [0.25, 0.3) is 0 Å². The number of hydrogen-bond donors (Lipinski definition) is 2. The van der Waals surface area contributed by atoms with E-state index in [9.17, 15) is 0 Å². The van der Waals surface area contributed by atoms with E-state index in [1.165, 1.54) is 11.1 Å². The van der Waals surface area contributed by atoms with Crippen molar-refractivity contribution in [1.29, 1.82) is 0 Å². The molecule has 2 atom stereocenters. The summed E-state index contributed by atoms with van der Waals surface area (Å²) >= 11 is 0. The molecule has 1 rings (SSSR count). The van der Waals surface area contributed by atoms with Gasteiger partial charge in [0.2, 0.25) is 0 Å². The van der Waals surface area contributed by atoms with Crippen LogP contribution in [0.25, 0.3) is 0 Å². The zero-order chi connectivity index (χ0) is 12.0. The third kappa shape index (κ3) is 3.59. The van der Waals surface area contributed by atoms with Crippen molar-refractivity contribution in [3.63, 3.8) is 0 Å². The first-order valence-electron chi connectivity index (χ1n) is 5.78. The van der Waals surface area contributed by atoms with Crippen LogP contribution in [-0.4, -0.2) is 19.3 Å². The van der Waals surface area contributed by atoms with Crippen LogP contribution in [-0.2, 0) is 17.6 Å². The topological polar surface area (TPSA) is 47.3 Å². The number of methoxy groups -OCH3 is 1. The van der Waals surface area contributed by atoms with Crippen molar-refractivity contribution >= 4 is 0 Å². The van der Waals surface area contributed by atoms with Gasteiger partial charge in [0.1, 0.15) is 0 Å². The van der Waals surface area contributed by atoms with Gasteiger partial charge < -0.3 is 4.74 Å². The van der Waals surface area contributed by atoms with Crippen molar-refractivity contribution in [2.75, 3.05) is 7.11 Å². The van der Waals surface area contributed by atoms with Crippen LogP contribution in [0.1, 0.15) is 25.0 Å². The third-order valence-electron chi connectivity index (χ3n) is 3.04. The molecule has 1 aromatic rings. The zero-order valence-corrected chi connectivity index (χ0v) is 10.4. The molecule has 0 radical (unpaired) electrons. The van der Waals surface area contributed by atoms with Crippen LogP contribution in [0.3, 0.4) is 0 Å². The van der Waals surface area contributed by atoms with E-state index in [4.69, 9.17) is 10.6 Å². The maximum atomic E-state index is 5.52. The predicted octanol–water partition coefficient (Wildman–Crippen LogP) is 1.66. The van der Waals surface area contributed by atoms with Crippen molar-refractivity contribution in [3.05, 3.63) is 35.4 Å². The number of ether oxygens (including phenoxy) is 1. The summed E-state index contributed by atoms with van der Waals surface area (Å²) in [5, 5.41) is 0. The Morgan fingerprint density at radius 1 is 1.25 bits per heavy atom. The average Bonchev–Trinajstić information content (AvgIpc) is 2.35. The molecule has 2 unspecified atom stereocenters. The minimum absolute atomic E-state index is 0.107. The first-order valence-corrected chi connectivity index (χ1v) is 5.78. The first-order chi connectivity index (χ1) is 7.71. The Hall–Kier alpha value is -0.900. The van der Waals surface area contributed by atoms with E-state index in [1.54, 1.807) is 7.11 Å². The molecule has 0 bridgehead atoms. The summed E-state index contributed by atoms with van der Waals surface area (Å²) in [6.07, 6.45) is 2.07. The molecule has 3 heteroatoms. The normalized spacial score (nSPS) is 14.8. The molecule has 0 fully saturated rings. The summed E-state index contributed by atoms with van der Waals surface area (Å²) in [5.41, 5.74) is 5.45. The minimum Gasteiger partial charge on any atom is -0.380 e. The average molecular weight is 222 g/mol. The van der Waals surface area contributed by atoms with E-state index < -0.39 is 0 Å². The van der Waals surface area contributed by atoms with Crippen LogP contribution in [0.5, 0.6) is 0 Å². The van der Waals surface area contributed by atoms with E-state index in [0.717, 1.165) is 12.8 Å². The second kappa shape index (κ2) is 6.63. The monoisotopic (exact) mass is 222 g/mol. The molecule has 0 heterocycles. The molecule has 1 aromatic carbocycles. The van der Waals surface area contributed by atoms with Gasteiger partial charge in [0.15, 0.2) is 0 Å². The van der Waals surface area contributed by atoms with Gasteiger partial charge in [-0.3, -0.25) is 11.3 Å². The van der Waals surface area contributed by atoms with E-state index in [2.05, 4.69) is 36.6 Å². The summed E-state index contributed by atoms with van der Waals surface area (Å²) in [4.78, 5) is 0. The molecule has 0 aromatic heterocycles. The molecule has 0 aliphatic carbocycles. The lowest BCUT2D eigenvalue weighted by Gasteiger charge is -2.22. The Labute approximate surface area is 98.0 Å². The van der Waals surface area contributed by atoms with Gasteiger partial charge in [0.05, 0.1) is 12.1 Å². The highest BCUT2D eigenvalue weighted by Crippen LogP contribution is 2.10. The first kappa shape index (κ1) is 13.2. The lowest BCUT2D eigenvalue weighted by molar-refractivity contribution is 0.0831. The van der Waals surface area contributed by atoms with Crippen molar-refractivity contribution in [1.82, 2.24) is 5.43 Å². The Balaban J connectivity index is 2.63. The summed E-state index contributed by atoms with van der Waals surface area (Å²) in [5.74, 6) is 5.52. The number of aryl methyl sites for hydroxylation is 1. The summed E-state index contributed by atoms with van der Waals surface area (Å²) in [6.45, 7) is 4.18. The Morgan fingerprint density at radius 2 is 1.81 bits per heavy atom. The zero-order valence-electron chi connectivity index (χ0n) is 10.4. The molecular formula is C13H22N2O. The number of nitrogens with one attached hydrogen (secondary N) is 1. The van der Waals surface area contributed by atoms with Crippen molar-refractivity contribution in [2.45, 2.75) is 38.8 Å². The highest BCUT2D eigenvalue weighted by atomic mass is 16.5. The van der Waals surface area contributed by atoms with Crippen LogP contribution in [0.2, 0.25) is 0 Å². The van der Waals surface area contributed by atoms with Crippen LogP contribution >= 0.6 is 0 Å². The fraction of sp³-hybridized carbons (Fsp3) is 0.538. The van der Waals surface area contributed by atoms with Gasteiger partial charge in [-0.05, 0) is 30.9 Å². The second-order valence-corrected chi connectivity index (χ2v) is 4.09. The van der Waals surface area contributed by atoms with Crippen LogP contribution < -0.4 is 11.3 Å². The van der Waals surface area contributed by atoms with Crippen LogP contribution in [0.15, 0.2) is 24.3 Å². The van der Waals surface area contributed by atoms with Crippen molar-refractivity contribution in [3.8, 4) is 0 Å². The number of hydrazine groups is 1. The molecule has 3 N–H and O–H groups in total. The van der Waals surface area contributed by atoms with Gasteiger partial charge in [0, 0.05) is 7.11 Å². The molecule has 0 spiro atoms. The Morgan fingerprint density at radius 3 is 2.25 bits per heavy atom. The van der Waals surface area contributed by atoms with Gasteiger partial charge in [-0.2, -0.15) is 0 Å². The molecule has 0 aliphatic heterocycles. The van der Waals surface area contributed by atoms with Crippen LogP contribution in [0.4, 0.5) is 0 Å². The van der Waals surface area contributed by atoms with E-state index >= 15 is 0 Å². The standard InChI is InChI=1S/C13H22N2O/c1-4-11-5-7-12(8-6-11)9-13(15-14)10(2)16-3/h5-8,10,13,15H,4,9,14H2,1-3H3. The molecule has 0 aliphatic rings. The van der Waals surface area contributed by atoms with E-state index in [-0.39, 0.29) is 12.1 Å². The smallest absolute Gasteiger partial charge is 0.0712 e. The molecule has 16 heavy (non-hydrogen) atoms. The summed E-state index contributed by atoms with van der Waals surface area (Å²) in [6, 6.07) is 8.80. The summed E-state index contributed by atoms with van der Waals surface area (Å²) in [7, 11) is 1.70. The van der Waals surface area contributed by atoms with E-state index in [0.29, 0.717) is 0 Å². The molecular weight excluding hydrogens is 200 g/mol. The quantitative estimate of drug-likeness (QED) is 0.568. The number of nitrogens with two attached hydrogens (primary N) is 1. The molecule has 0 saturated carbocycles. The lowest BCUT2D eigenvalue weighted by atomic mass is 10.0. The van der Waals surface area contributed by atoms with Gasteiger partial charge in [-0.1, -0.05) is 31.2 Å². The molecule has 3 nitrogen and oxygen atoms in total. The van der Waals surface area contributed by atoms with Crippen molar-refractivity contribution < 1.29 is 4.74 Å².